The van der Waals surface area contributed by atoms with Crippen molar-refractivity contribution in [2.24, 2.45) is 0 Å². The molecular formula is C37H36Cl2N4O3S. The van der Waals surface area contributed by atoms with E-state index >= 15 is 0 Å². The lowest BCUT2D eigenvalue weighted by molar-refractivity contribution is 0.392. The Hall–Kier alpha value is -4.24. The second-order valence-electron chi connectivity index (χ2n) is 11.9. The molecule has 6 rings (SSSR count). The van der Waals surface area contributed by atoms with Crippen molar-refractivity contribution in [2.75, 3.05) is 4.31 Å². The van der Waals surface area contributed by atoms with E-state index in [9.17, 15) is 13.5 Å². The number of aliphatic hydroxyl groups excluding tert-OH is 1. The van der Waals surface area contributed by atoms with Crippen LogP contribution in [0.2, 0.25) is 10.0 Å². The van der Waals surface area contributed by atoms with Crippen LogP contribution in [-0.2, 0) is 16.6 Å². The van der Waals surface area contributed by atoms with E-state index < -0.39 is 16.1 Å². The van der Waals surface area contributed by atoms with E-state index in [1.807, 2.05) is 22.9 Å². The Morgan fingerprint density at radius 1 is 0.894 bits per heavy atom. The molecule has 1 atom stereocenters. The highest BCUT2D eigenvalue weighted by Crippen LogP contribution is 2.33. The first-order valence-electron chi connectivity index (χ1n) is 15.7. The molecule has 1 aliphatic rings. The van der Waals surface area contributed by atoms with Gasteiger partial charge in [-0.3, -0.25) is 0 Å². The van der Waals surface area contributed by atoms with Crippen LogP contribution in [0.15, 0.2) is 109 Å². The molecule has 0 aliphatic carbocycles. The molecule has 2 N–H and O–H groups in total. The minimum atomic E-state index is -3.95. The highest BCUT2D eigenvalue weighted by atomic mass is 35.5. The predicted octanol–water partition coefficient (Wildman–Crippen LogP) is 9.80. The summed E-state index contributed by atoms with van der Waals surface area (Å²) in [6.45, 7) is 4.54. The first-order valence-corrected chi connectivity index (χ1v) is 17.9. The molecule has 10 heteroatoms. The molecule has 1 unspecified atom stereocenters. The van der Waals surface area contributed by atoms with Gasteiger partial charge in [-0.2, -0.15) is 8.42 Å². The standard InChI is InChI=1S/C37H36Cl2N4O3S/c1-3-4-5-7-25(2)27-14-16-29(17-15-27)28-12-10-26(11-13-28)20-36-40-35(33-19-18-30(38)21-34(33)39)23-42(36)31-8-6-9-32(22-31)43-24-37(44)41-47(43,45)46/h6,8-19,21-25,41,44H,3-5,7,20H2,1-2H3. The number of imidazole rings is 1. The average molecular weight is 688 g/mol. The molecule has 0 spiro atoms. The predicted molar refractivity (Wildman–Crippen MR) is 192 cm³/mol. The topological polar surface area (TPSA) is 87.5 Å². The Morgan fingerprint density at radius 3 is 2.26 bits per heavy atom. The van der Waals surface area contributed by atoms with E-state index in [-0.39, 0.29) is 0 Å². The van der Waals surface area contributed by atoms with Crippen LogP contribution in [0.4, 0.5) is 5.69 Å². The Labute approximate surface area is 286 Å². The fourth-order valence-electron chi connectivity index (χ4n) is 5.84. The molecular weight excluding hydrogens is 651 g/mol. The van der Waals surface area contributed by atoms with Crippen LogP contribution in [0.3, 0.4) is 0 Å². The molecule has 47 heavy (non-hydrogen) atoms. The lowest BCUT2D eigenvalue weighted by Gasteiger charge is -2.16. The maximum absolute atomic E-state index is 12.6. The number of anilines is 1. The van der Waals surface area contributed by atoms with Gasteiger partial charge < -0.3 is 9.67 Å². The second kappa shape index (κ2) is 13.9. The molecule has 242 valence electrons. The Balaban J connectivity index is 1.30. The zero-order valence-corrected chi connectivity index (χ0v) is 28.5. The first-order chi connectivity index (χ1) is 22.6. The van der Waals surface area contributed by atoms with Crippen molar-refractivity contribution < 1.29 is 13.5 Å². The fourth-order valence-corrected chi connectivity index (χ4v) is 7.39. The van der Waals surface area contributed by atoms with Gasteiger partial charge in [-0.1, -0.05) is 111 Å². The molecule has 2 heterocycles. The van der Waals surface area contributed by atoms with Crippen molar-refractivity contribution >= 4 is 39.1 Å². The SMILES string of the molecule is CCCCCC(C)c1ccc(-c2ccc(Cc3nc(-c4ccc(Cl)cc4Cl)cn3-c3cccc(N4C=C(O)NS4(=O)=O)c3)cc2)cc1. The summed E-state index contributed by atoms with van der Waals surface area (Å²) in [6.07, 6.45) is 8.51. The smallest absolute Gasteiger partial charge is 0.330 e. The van der Waals surface area contributed by atoms with Crippen LogP contribution >= 0.6 is 23.2 Å². The van der Waals surface area contributed by atoms with Gasteiger partial charge in [0.05, 0.1) is 22.6 Å². The average Bonchev–Trinajstić information content (AvgIpc) is 3.60. The number of hydrogen-bond acceptors (Lipinski definition) is 4. The van der Waals surface area contributed by atoms with Gasteiger partial charge in [0.25, 0.3) is 0 Å². The van der Waals surface area contributed by atoms with E-state index in [1.165, 1.54) is 36.8 Å². The van der Waals surface area contributed by atoms with Crippen LogP contribution in [0.1, 0.15) is 62.4 Å². The lowest BCUT2D eigenvalue weighted by Crippen LogP contribution is -2.29. The largest absolute Gasteiger partial charge is 0.493 e. The van der Waals surface area contributed by atoms with Crippen LogP contribution < -0.4 is 9.03 Å². The van der Waals surface area contributed by atoms with Gasteiger partial charge in [-0.25, -0.2) is 14.0 Å². The van der Waals surface area contributed by atoms with Crippen LogP contribution in [-0.4, -0.2) is 23.1 Å². The number of aliphatic hydroxyl groups is 1. The summed E-state index contributed by atoms with van der Waals surface area (Å²) in [5, 5.41) is 10.8. The quantitative estimate of drug-likeness (QED) is 0.135. The van der Waals surface area contributed by atoms with Gasteiger partial charge in [-0.15, -0.1) is 0 Å². The molecule has 0 saturated carbocycles. The minimum absolute atomic E-state index is 0.357. The second-order valence-corrected chi connectivity index (χ2v) is 14.3. The molecule has 0 fully saturated rings. The normalized spacial score (nSPS) is 14.6. The van der Waals surface area contributed by atoms with Crippen LogP contribution in [0.5, 0.6) is 0 Å². The van der Waals surface area contributed by atoms with E-state index in [4.69, 9.17) is 28.2 Å². The van der Waals surface area contributed by atoms with Crippen molar-refractivity contribution in [1.82, 2.24) is 14.3 Å². The van der Waals surface area contributed by atoms with E-state index in [0.29, 0.717) is 39.5 Å². The molecule has 0 saturated heterocycles. The summed E-state index contributed by atoms with van der Waals surface area (Å²) in [4.78, 5) is 4.98. The highest BCUT2D eigenvalue weighted by Gasteiger charge is 2.29. The first kappa shape index (κ1) is 32.7. The van der Waals surface area contributed by atoms with Crippen molar-refractivity contribution in [3.63, 3.8) is 0 Å². The molecule has 0 radical (unpaired) electrons. The van der Waals surface area contributed by atoms with E-state index in [0.717, 1.165) is 33.0 Å². The third kappa shape index (κ3) is 7.35. The number of rotatable bonds is 11. The Morgan fingerprint density at radius 2 is 1.60 bits per heavy atom. The molecule has 5 aromatic rings. The van der Waals surface area contributed by atoms with Gasteiger partial charge in [0.15, 0.2) is 0 Å². The molecule has 0 bridgehead atoms. The van der Waals surface area contributed by atoms with Crippen molar-refractivity contribution in [1.29, 1.82) is 0 Å². The zero-order chi connectivity index (χ0) is 33.1. The van der Waals surface area contributed by atoms with Gasteiger partial charge in [0.1, 0.15) is 5.82 Å². The van der Waals surface area contributed by atoms with Gasteiger partial charge >= 0.3 is 10.2 Å². The summed E-state index contributed by atoms with van der Waals surface area (Å²) in [5.41, 5.74) is 7.18. The number of hydrogen-bond donors (Lipinski definition) is 2. The number of halogens is 2. The van der Waals surface area contributed by atoms with E-state index in [1.54, 1.807) is 30.3 Å². The lowest BCUT2D eigenvalue weighted by atomic mass is 9.93. The maximum Gasteiger partial charge on any atom is 0.330 e. The third-order valence-corrected chi connectivity index (χ3v) is 10.3. The summed E-state index contributed by atoms with van der Waals surface area (Å²) in [5.74, 6) is 0.836. The molecule has 1 aromatic heterocycles. The number of benzene rings is 4. The fraction of sp³-hybridized carbons (Fsp3) is 0.216. The summed E-state index contributed by atoms with van der Waals surface area (Å²) in [7, 11) is -3.95. The van der Waals surface area contributed by atoms with Crippen LogP contribution in [0, 0.1) is 0 Å². The summed E-state index contributed by atoms with van der Waals surface area (Å²) in [6, 6.07) is 29.7. The van der Waals surface area contributed by atoms with E-state index in [2.05, 4.69) is 67.1 Å². The minimum Gasteiger partial charge on any atom is -0.493 e. The highest BCUT2D eigenvalue weighted by molar-refractivity contribution is 7.91. The number of aromatic nitrogens is 2. The molecule has 4 aromatic carbocycles. The molecule has 1 aliphatic heterocycles. The van der Waals surface area contributed by atoms with Crippen molar-refractivity contribution in [2.45, 2.75) is 51.9 Å². The van der Waals surface area contributed by atoms with Gasteiger partial charge in [-0.05, 0) is 71.0 Å². The monoisotopic (exact) mass is 686 g/mol. The van der Waals surface area contributed by atoms with Gasteiger partial charge in [0.2, 0.25) is 5.88 Å². The van der Waals surface area contributed by atoms with Crippen molar-refractivity contribution in [3.8, 4) is 28.1 Å². The molecule has 0 amide bonds. The number of nitrogens with one attached hydrogen (secondary N) is 1. The number of unbranched alkanes of at least 4 members (excludes halogenated alkanes) is 2. The third-order valence-electron chi connectivity index (χ3n) is 8.45. The van der Waals surface area contributed by atoms with Gasteiger partial charge in [0, 0.05) is 28.9 Å². The molecule has 7 nitrogen and oxygen atoms in total. The maximum atomic E-state index is 12.6. The Kier molecular flexibility index (Phi) is 9.64. The summed E-state index contributed by atoms with van der Waals surface area (Å²) < 4.78 is 30.1. The van der Waals surface area contributed by atoms with Crippen molar-refractivity contribution in [3.05, 3.63) is 136 Å². The zero-order valence-electron chi connectivity index (χ0n) is 26.2. The summed E-state index contributed by atoms with van der Waals surface area (Å²) >= 11 is 12.7. The van der Waals surface area contributed by atoms with Crippen LogP contribution in [0.25, 0.3) is 28.1 Å². The Bertz CT molecular complexity index is 2020. The number of nitrogens with zero attached hydrogens (tertiary/aromatic N) is 3.